The molecule has 0 radical (unpaired) electrons. The summed E-state index contributed by atoms with van der Waals surface area (Å²) >= 11 is 0. The van der Waals surface area contributed by atoms with E-state index in [0.717, 1.165) is 6.08 Å². The van der Waals surface area contributed by atoms with E-state index < -0.39 is 184 Å². The Morgan fingerprint density at radius 2 is 1.19 bits per heavy atom. The molecule has 4 saturated heterocycles. The minimum Gasteiger partial charge on any atom is -0.454 e. The molecule has 0 amide bonds. The number of methoxy groups -OCH3 is 2. The summed E-state index contributed by atoms with van der Waals surface area (Å²) in [6, 6.07) is 0. The highest BCUT2D eigenvalue weighted by Crippen LogP contribution is 2.45. The zero-order valence-electron chi connectivity index (χ0n) is 38.2. The van der Waals surface area contributed by atoms with Crippen LogP contribution < -0.4 is 0 Å². The molecular formula is C44H72O24. The maximum absolute atomic E-state index is 12.7. The van der Waals surface area contributed by atoms with E-state index in [9.17, 15) is 71.2 Å². The lowest BCUT2D eigenvalue weighted by atomic mass is 9.72. The summed E-state index contributed by atoms with van der Waals surface area (Å²) in [6.45, 7) is 0.184. The van der Waals surface area contributed by atoms with Gasteiger partial charge < -0.3 is 114 Å². The van der Waals surface area contributed by atoms with E-state index in [4.69, 9.17) is 47.4 Å². The van der Waals surface area contributed by atoms with Crippen molar-refractivity contribution in [3.63, 3.8) is 0 Å². The summed E-state index contributed by atoms with van der Waals surface area (Å²) in [5, 5.41) is 139. The SMILES string of the molecule is COC1CC(C2OC3CC(O)CC(OC4OC(CO)C(O)C(O)C4O)C3CC2OC2OC(COC3OC(C)C(OC(=O)C=CC4CCC(O)C(O)C4)C(O)C3O)C(O)C(O)C2O)CC(OC)C1O. The van der Waals surface area contributed by atoms with Gasteiger partial charge in [-0.15, -0.1) is 0 Å². The first kappa shape index (κ1) is 54.1. The number of hydrogen-bond donors (Lipinski definition) is 13. The molecule has 24 nitrogen and oxygen atoms in total. The molecule has 4 heterocycles. The standard InChI is InChI=1S/C44H72O24/c1-16-40(68-30(49)7-5-17-4-6-21(47)22(48)8-17)36(55)39(58)42(62-16)61-15-29-33(52)35(54)38(57)44(67-29)65-27-13-20-23(63-41(27)18-9-25(59-2)31(50)26(10-18)60-3)11-19(46)12-24(20)64-43-37(56)34(53)32(51)28(14-45)66-43/h5,7,16-29,31-48,50-58H,4,6,8-15H2,1-3H3. The number of rotatable bonds is 14. The fourth-order valence-corrected chi connectivity index (χ4v) is 10.9. The molecule has 0 aromatic heterocycles. The van der Waals surface area contributed by atoms with Crippen LogP contribution in [0.3, 0.4) is 0 Å². The number of aliphatic hydroxyl groups excluding tert-OH is 13. The molecule has 26 atom stereocenters. The van der Waals surface area contributed by atoms with Gasteiger partial charge in [-0.2, -0.15) is 0 Å². The Bertz CT molecular complexity index is 1610. The first-order valence-electron chi connectivity index (χ1n) is 23.6. The lowest BCUT2D eigenvalue weighted by molar-refractivity contribution is -0.352. The van der Waals surface area contributed by atoms with E-state index in [1.54, 1.807) is 6.08 Å². The Hall–Kier alpha value is -1.67. The van der Waals surface area contributed by atoms with Gasteiger partial charge in [0.1, 0.15) is 67.1 Å². The molecule has 3 saturated carbocycles. The number of fused-ring (bicyclic) bond motifs is 1. The molecule has 7 aliphatic rings. The second-order valence-electron chi connectivity index (χ2n) is 19.5. The summed E-state index contributed by atoms with van der Waals surface area (Å²) in [6.07, 6.45) is -27.9. The molecule has 13 N–H and O–H groups in total. The first-order chi connectivity index (χ1) is 32.3. The Labute approximate surface area is 392 Å². The van der Waals surface area contributed by atoms with Crippen molar-refractivity contribution >= 4 is 5.97 Å². The van der Waals surface area contributed by atoms with Gasteiger partial charge in [0.2, 0.25) is 0 Å². The van der Waals surface area contributed by atoms with Gasteiger partial charge in [0, 0.05) is 32.6 Å². The van der Waals surface area contributed by atoms with E-state index >= 15 is 0 Å². The Morgan fingerprint density at radius 1 is 0.588 bits per heavy atom. The molecule has 0 bridgehead atoms. The van der Waals surface area contributed by atoms with Crippen LogP contribution in [0.15, 0.2) is 12.2 Å². The highest BCUT2D eigenvalue weighted by Gasteiger charge is 2.55. The minimum absolute atomic E-state index is 0.0121. The van der Waals surface area contributed by atoms with Gasteiger partial charge in [0.05, 0.1) is 74.3 Å². The van der Waals surface area contributed by atoms with Crippen molar-refractivity contribution in [2.45, 2.75) is 211 Å². The van der Waals surface area contributed by atoms with Crippen LogP contribution in [0.5, 0.6) is 0 Å². The molecule has 4 aliphatic heterocycles. The quantitative estimate of drug-likeness (QED) is 0.0571. The summed E-state index contributed by atoms with van der Waals surface area (Å²) in [7, 11) is 2.89. The molecule has 392 valence electrons. The van der Waals surface area contributed by atoms with Gasteiger partial charge >= 0.3 is 5.97 Å². The number of carbonyl (C=O) groups is 1. The molecule has 24 heteroatoms. The van der Waals surface area contributed by atoms with Crippen molar-refractivity contribution in [2.24, 2.45) is 17.8 Å². The summed E-state index contributed by atoms with van der Waals surface area (Å²) in [5.74, 6) is -2.08. The molecule has 0 spiro atoms. The van der Waals surface area contributed by atoms with E-state index in [1.165, 1.54) is 21.1 Å². The van der Waals surface area contributed by atoms with Crippen molar-refractivity contribution in [1.82, 2.24) is 0 Å². The molecular weight excluding hydrogens is 912 g/mol. The van der Waals surface area contributed by atoms with Crippen LogP contribution in [0.2, 0.25) is 0 Å². The molecule has 7 fully saturated rings. The predicted molar refractivity (Wildman–Crippen MR) is 223 cm³/mol. The van der Waals surface area contributed by atoms with Crippen LogP contribution in [0.25, 0.3) is 0 Å². The fraction of sp³-hybridized carbons (Fsp3) is 0.932. The molecule has 68 heavy (non-hydrogen) atoms. The minimum atomic E-state index is -1.87. The Morgan fingerprint density at radius 3 is 1.81 bits per heavy atom. The largest absolute Gasteiger partial charge is 0.454 e. The Kier molecular flexibility index (Phi) is 18.7. The van der Waals surface area contributed by atoms with E-state index in [0.29, 0.717) is 12.8 Å². The van der Waals surface area contributed by atoms with Crippen LogP contribution in [-0.4, -0.2) is 253 Å². The highest BCUT2D eigenvalue weighted by atomic mass is 16.7. The normalized spacial score (nSPS) is 51.5. The van der Waals surface area contributed by atoms with Crippen LogP contribution in [0, 0.1) is 17.8 Å². The van der Waals surface area contributed by atoms with Gasteiger partial charge in [0.15, 0.2) is 25.0 Å². The van der Waals surface area contributed by atoms with Gasteiger partial charge in [0.25, 0.3) is 0 Å². The van der Waals surface area contributed by atoms with E-state index in [-0.39, 0.29) is 44.4 Å². The fourth-order valence-electron chi connectivity index (χ4n) is 10.9. The molecule has 7 rings (SSSR count). The predicted octanol–water partition coefficient (Wildman–Crippen LogP) is -5.43. The van der Waals surface area contributed by atoms with Crippen LogP contribution in [0.4, 0.5) is 0 Å². The van der Waals surface area contributed by atoms with Crippen molar-refractivity contribution in [3.05, 3.63) is 12.2 Å². The van der Waals surface area contributed by atoms with Crippen LogP contribution in [0.1, 0.15) is 58.3 Å². The monoisotopic (exact) mass is 984 g/mol. The van der Waals surface area contributed by atoms with Crippen LogP contribution >= 0.6 is 0 Å². The Balaban J connectivity index is 1.04. The molecule has 26 unspecified atom stereocenters. The van der Waals surface area contributed by atoms with Crippen molar-refractivity contribution in [2.75, 3.05) is 27.4 Å². The lowest BCUT2D eigenvalue weighted by Gasteiger charge is -2.53. The third-order valence-corrected chi connectivity index (χ3v) is 15.0. The smallest absolute Gasteiger partial charge is 0.330 e. The maximum Gasteiger partial charge on any atom is 0.330 e. The van der Waals surface area contributed by atoms with E-state index in [1.807, 2.05) is 0 Å². The number of esters is 1. The molecule has 3 aliphatic carbocycles. The number of ether oxygens (including phenoxy) is 10. The van der Waals surface area contributed by atoms with Gasteiger partial charge in [-0.3, -0.25) is 0 Å². The van der Waals surface area contributed by atoms with Gasteiger partial charge in [-0.1, -0.05) is 6.08 Å². The number of hydrogen-bond acceptors (Lipinski definition) is 24. The number of carbonyl (C=O) groups excluding carboxylic acids is 1. The van der Waals surface area contributed by atoms with Gasteiger partial charge in [-0.05, 0) is 63.7 Å². The highest BCUT2D eigenvalue weighted by molar-refractivity contribution is 5.82. The number of aliphatic hydroxyl groups is 13. The maximum atomic E-state index is 12.7. The van der Waals surface area contributed by atoms with Crippen molar-refractivity contribution in [1.29, 1.82) is 0 Å². The third kappa shape index (κ3) is 11.9. The summed E-state index contributed by atoms with van der Waals surface area (Å²) < 4.78 is 59.4. The second-order valence-corrected chi connectivity index (χ2v) is 19.5. The third-order valence-electron chi connectivity index (χ3n) is 15.0. The first-order valence-corrected chi connectivity index (χ1v) is 23.6. The second kappa shape index (κ2) is 23.5. The summed E-state index contributed by atoms with van der Waals surface area (Å²) in [5.41, 5.74) is 0. The molecule has 0 aromatic carbocycles. The van der Waals surface area contributed by atoms with Crippen molar-refractivity contribution in [3.8, 4) is 0 Å². The van der Waals surface area contributed by atoms with Crippen molar-refractivity contribution < 1.29 is 119 Å². The van der Waals surface area contributed by atoms with Crippen LogP contribution in [-0.2, 0) is 52.2 Å². The van der Waals surface area contributed by atoms with E-state index in [2.05, 4.69) is 0 Å². The average molecular weight is 985 g/mol. The topological polar surface area (TPSA) is 372 Å². The zero-order valence-corrected chi connectivity index (χ0v) is 38.2. The van der Waals surface area contributed by atoms with Gasteiger partial charge in [-0.25, -0.2) is 4.79 Å². The lowest BCUT2D eigenvalue weighted by Crippen LogP contribution is -2.64. The average Bonchev–Trinajstić information content (AvgIpc) is 3.32. The summed E-state index contributed by atoms with van der Waals surface area (Å²) in [4.78, 5) is 12.7. The zero-order chi connectivity index (χ0) is 49.3. The molecule has 0 aromatic rings. The number of allylic oxidation sites excluding steroid dienone is 1.